The number of fused-ring (bicyclic) bond motifs is 1. The number of nitrogens with two attached hydrogens (primary N) is 1. The predicted molar refractivity (Wildman–Crippen MR) is 113 cm³/mol. The van der Waals surface area contributed by atoms with Gasteiger partial charge in [-0.15, -0.1) is 5.10 Å². The SMILES string of the molecule is NS(=O)(=O)c1ccc(-n2nnc3cnc(Cc4cnn(CCn5cccn5)c4)nc32)cc1. The van der Waals surface area contributed by atoms with Crippen molar-refractivity contribution in [2.45, 2.75) is 24.4 Å². The fourth-order valence-corrected chi connectivity index (χ4v) is 3.76. The van der Waals surface area contributed by atoms with Gasteiger partial charge in [-0.2, -0.15) is 14.9 Å². The summed E-state index contributed by atoms with van der Waals surface area (Å²) in [4.78, 5) is 9.00. The summed E-state index contributed by atoms with van der Waals surface area (Å²) in [5.41, 5.74) is 2.63. The number of nitrogens with zero attached hydrogens (tertiary/aromatic N) is 9. The average Bonchev–Trinajstić information content (AvgIpc) is 3.53. The number of primary sulfonamides is 1. The molecule has 5 rings (SSSR count). The lowest BCUT2D eigenvalue weighted by Crippen LogP contribution is -2.12. The molecule has 13 heteroatoms. The van der Waals surface area contributed by atoms with Gasteiger partial charge in [0.1, 0.15) is 5.82 Å². The van der Waals surface area contributed by atoms with Crippen molar-refractivity contribution in [3.8, 4) is 5.69 Å². The van der Waals surface area contributed by atoms with Gasteiger partial charge in [0.05, 0.1) is 36.1 Å². The van der Waals surface area contributed by atoms with Crippen LogP contribution < -0.4 is 5.14 Å². The van der Waals surface area contributed by atoms with E-state index >= 15 is 0 Å². The molecule has 1 aromatic carbocycles. The average molecular weight is 450 g/mol. The Morgan fingerprint density at radius 3 is 2.56 bits per heavy atom. The lowest BCUT2D eigenvalue weighted by molar-refractivity contribution is 0.500. The zero-order valence-electron chi connectivity index (χ0n) is 16.7. The van der Waals surface area contributed by atoms with E-state index in [1.165, 1.54) is 16.8 Å². The predicted octanol–water partition coefficient (Wildman–Crippen LogP) is 0.542. The minimum atomic E-state index is -3.77. The zero-order chi connectivity index (χ0) is 22.1. The van der Waals surface area contributed by atoms with Crippen LogP contribution in [-0.2, 0) is 29.5 Å². The van der Waals surface area contributed by atoms with Crippen molar-refractivity contribution in [3.05, 3.63) is 72.7 Å². The second-order valence-corrected chi connectivity index (χ2v) is 8.65. The van der Waals surface area contributed by atoms with Gasteiger partial charge in [0, 0.05) is 25.0 Å². The first-order chi connectivity index (χ1) is 15.5. The maximum absolute atomic E-state index is 11.5. The molecule has 32 heavy (non-hydrogen) atoms. The number of rotatable bonds is 7. The molecular formula is C19H18N10O2S. The van der Waals surface area contributed by atoms with Crippen molar-refractivity contribution >= 4 is 21.2 Å². The normalized spacial score (nSPS) is 11.9. The molecule has 0 aliphatic heterocycles. The first kappa shape index (κ1) is 20.0. The Labute approximate surface area is 182 Å². The molecule has 5 aromatic rings. The van der Waals surface area contributed by atoms with E-state index in [2.05, 4.69) is 30.5 Å². The van der Waals surface area contributed by atoms with E-state index in [0.29, 0.717) is 35.6 Å². The van der Waals surface area contributed by atoms with Crippen LogP contribution in [0.5, 0.6) is 0 Å². The Morgan fingerprint density at radius 2 is 1.81 bits per heavy atom. The van der Waals surface area contributed by atoms with Crippen LogP contribution >= 0.6 is 0 Å². The lowest BCUT2D eigenvalue weighted by Gasteiger charge is -2.04. The Bertz CT molecular complexity index is 1470. The Balaban J connectivity index is 1.36. The summed E-state index contributed by atoms with van der Waals surface area (Å²) in [5, 5.41) is 21.9. The molecule has 0 bridgehead atoms. The Kier molecular flexibility index (Phi) is 4.95. The van der Waals surface area contributed by atoms with Gasteiger partial charge in [0.25, 0.3) is 0 Å². The molecule has 0 radical (unpaired) electrons. The molecule has 2 N–H and O–H groups in total. The fraction of sp³-hybridized carbons (Fsp3) is 0.158. The molecule has 12 nitrogen and oxygen atoms in total. The Hall–Kier alpha value is -3.97. The van der Waals surface area contributed by atoms with Crippen molar-refractivity contribution in [1.82, 2.24) is 44.5 Å². The van der Waals surface area contributed by atoms with Crippen molar-refractivity contribution in [3.63, 3.8) is 0 Å². The van der Waals surface area contributed by atoms with Crippen molar-refractivity contribution < 1.29 is 8.42 Å². The second kappa shape index (κ2) is 7.94. The van der Waals surface area contributed by atoms with Gasteiger partial charge < -0.3 is 0 Å². The fourth-order valence-electron chi connectivity index (χ4n) is 3.24. The highest BCUT2D eigenvalue weighted by molar-refractivity contribution is 7.89. The third-order valence-electron chi connectivity index (χ3n) is 4.82. The van der Waals surface area contributed by atoms with E-state index < -0.39 is 10.0 Å². The van der Waals surface area contributed by atoms with Gasteiger partial charge in [-0.05, 0) is 35.9 Å². The van der Waals surface area contributed by atoms with E-state index in [9.17, 15) is 8.42 Å². The summed E-state index contributed by atoms with van der Waals surface area (Å²) >= 11 is 0. The van der Waals surface area contributed by atoms with Crippen LogP contribution in [-0.4, -0.2) is 52.9 Å². The lowest BCUT2D eigenvalue weighted by atomic mass is 10.2. The monoisotopic (exact) mass is 450 g/mol. The minimum absolute atomic E-state index is 0.0190. The number of benzene rings is 1. The highest BCUT2D eigenvalue weighted by Gasteiger charge is 2.13. The molecule has 0 spiro atoms. The van der Waals surface area contributed by atoms with Gasteiger partial charge in [0.2, 0.25) is 10.0 Å². The largest absolute Gasteiger partial charge is 0.271 e. The van der Waals surface area contributed by atoms with Gasteiger partial charge >= 0.3 is 0 Å². The first-order valence-corrected chi connectivity index (χ1v) is 11.2. The molecule has 0 saturated heterocycles. The van der Waals surface area contributed by atoms with Crippen molar-refractivity contribution in [2.24, 2.45) is 5.14 Å². The number of hydrogen-bond acceptors (Lipinski definition) is 8. The van der Waals surface area contributed by atoms with Crippen LogP contribution in [0, 0.1) is 0 Å². The van der Waals surface area contributed by atoms with Gasteiger partial charge in [-0.25, -0.2) is 23.5 Å². The summed E-state index contributed by atoms with van der Waals surface area (Å²) in [7, 11) is -3.77. The first-order valence-electron chi connectivity index (χ1n) is 9.65. The smallest absolute Gasteiger partial charge is 0.238 e. The van der Waals surface area contributed by atoms with E-state index in [1.54, 1.807) is 30.7 Å². The second-order valence-electron chi connectivity index (χ2n) is 7.09. The summed E-state index contributed by atoms with van der Waals surface area (Å²) < 4.78 is 28.2. The highest BCUT2D eigenvalue weighted by atomic mass is 32.2. The van der Waals surface area contributed by atoms with E-state index in [0.717, 1.165) is 12.1 Å². The van der Waals surface area contributed by atoms with E-state index in [4.69, 9.17) is 5.14 Å². The van der Waals surface area contributed by atoms with Crippen molar-refractivity contribution in [1.29, 1.82) is 0 Å². The number of hydrogen-bond donors (Lipinski definition) is 1. The minimum Gasteiger partial charge on any atom is -0.271 e. The standard InChI is InChI=1S/C19H18N10O2S/c20-32(30,31)16-4-2-15(3-5-16)29-19-17(25-26-29)12-21-18(24-19)10-14-11-23-28(13-14)9-8-27-7-1-6-22-27/h1-7,11-13H,8-10H2,(H2,20,30,31). The molecule has 0 aliphatic carbocycles. The Morgan fingerprint density at radius 1 is 1.00 bits per heavy atom. The summed E-state index contributed by atoms with van der Waals surface area (Å²) in [6, 6.07) is 7.91. The van der Waals surface area contributed by atoms with E-state index in [1.807, 2.05) is 27.8 Å². The molecular weight excluding hydrogens is 432 g/mol. The van der Waals surface area contributed by atoms with Gasteiger partial charge in [-0.3, -0.25) is 9.36 Å². The number of sulfonamides is 1. The van der Waals surface area contributed by atoms with Gasteiger partial charge in [-0.1, -0.05) is 5.21 Å². The molecule has 0 fully saturated rings. The number of aromatic nitrogens is 9. The van der Waals surface area contributed by atoms with Crippen LogP contribution in [0.1, 0.15) is 11.4 Å². The number of aryl methyl sites for hydroxylation is 2. The maximum atomic E-state index is 11.5. The third kappa shape index (κ3) is 4.10. The highest BCUT2D eigenvalue weighted by Crippen LogP contribution is 2.17. The van der Waals surface area contributed by atoms with Gasteiger partial charge in [0.15, 0.2) is 11.2 Å². The third-order valence-corrected chi connectivity index (χ3v) is 5.75. The summed E-state index contributed by atoms with van der Waals surface area (Å²) in [6.07, 6.45) is 9.51. The summed E-state index contributed by atoms with van der Waals surface area (Å²) in [6.45, 7) is 1.43. The molecule has 162 valence electrons. The van der Waals surface area contributed by atoms with Crippen LogP contribution in [0.2, 0.25) is 0 Å². The van der Waals surface area contributed by atoms with Crippen LogP contribution in [0.15, 0.2) is 66.2 Å². The molecule has 0 aliphatic rings. The molecule has 0 atom stereocenters. The molecule has 4 heterocycles. The van der Waals surface area contributed by atoms with E-state index in [-0.39, 0.29) is 4.90 Å². The maximum Gasteiger partial charge on any atom is 0.238 e. The summed E-state index contributed by atoms with van der Waals surface area (Å²) in [5.74, 6) is 0.592. The molecule has 4 aromatic heterocycles. The van der Waals surface area contributed by atoms with Crippen LogP contribution in [0.3, 0.4) is 0 Å². The zero-order valence-corrected chi connectivity index (χ0v) is 17.5. The molecule has 0 amide bonds. The van der Waals surface area contributed by atoms with Crippen molar-refractivity contribution in [2.75, 3.05) is 0 Å². The van der Waals surface area contributed by atoms with Crippen LogP contribution in [0.4, 0.5) is 0 Å². The topological polar surface area (TPSA) is 152 Å². The quantitative estimate of drug-likeness (QED) is 0.377. The van der Waals surface area contributed by atoms with Crippen LogP contribution in [0.25, 0.3) is 16.9 Å². The molecule has 0 unspecified atom stereocenters. The molecule has 0 saturated carbocycles.